The molecular weight excluding hydrogens is 566 g/mol. The normalized spacial score (nSPS) is 54.8. The molecule has 6 aliphatic rings. The average molecular weight is 624 g/mol. The number of nitrogens with one attached hydrogen (secondary N) is 1. The molecule has 0 aromatic rings. The van der Waals surface area contributed by atoms with Gasteiger partial charge in [-0.1, -0.05) is 25.5 Å². The molecule has 2 heterocycles. The molecule has 5 fully saturated rings. The van der Waals surface area contributed by atoms with E-state index in [2.05, 4.69) is 25.2 Å². The fraction of sp³-hybridized carbons (Fsp3) is 0.941. The number of fused-ring (bicyclic) bond motifs is 5. The number of allylic oxidation sites excluding steroid dienone is 1. The lowest BCUT2D eigenvalue weighted by molar-refractivity contribution is -0.400. The summed E-state index contributed by atoms with van der Waals surface area (Å²) < 4.78 is 12.4. The van der Waals surface area contributed by atoms with E-state index < -0.39 is 58.8 Å². The van der Waals surface area contributed by atoms with Crippen LogP contribution in [0.15, 0.2) is 11.6 Å². The van der Waals surface area contributed by atoms with E-state index in [9.17, 15) is 35.7 Å². The Morgan fingerprint density at radius 3 is 2.45 bits per heavy atom. The molecule has 0 radical (unpaired) electrons. The maximum Gasteiger partial charge on any atom is 0.195 e. The molecule has 2 saturated heterocycles. The van der Waals surface area contributed by atoms with Gasteiger partial charge in [0.2, 0.25) is 0 Å². The quantitative estimate of drug-likeness (QED) is 0.209. The van der Waals surface area contributed by atoms with Gasteiger partial charge in [-0.3, -0.25) is 0 Å². The van der Waals surface area contributed by atoms with Gasteiger partial charge in [-0.25, -0.2) is 0 Å². The Morgan fingerprint density at radius 1 is 1.05 bits per heavy atom. The van der Waals surface area contributed by atoms with Gasteiger partial charge < -0.3 is 50.5 Å². The van der Waals surface area contributed by atoms with E-state index in [4.69, 9.17) is 9.47 Å². The summed E-state index contributed by atoms with van der Waals surface area (Å²) in [6, 6.07) is 0. The van der Waals surface area contributed by atoms with Crippen LogP contribution in [0.4, 0.5) is 0 Å². The predicted octanol–water partition coefficient (Wildman–Crippen LogP) is 1.37. The van der Waals surface area contributed by atoms with E-state index in [1.807, 2.05) is 0 Å². The van der Waals surface area contributed by atoms with Crippen molar-refractivity contribution in [3.8, 4) is 0 Å². The zero-order valence-corrected chi connectivity index (χ0v) is 27.2. The second-order valence-electron chi connectivity index (χ2n) is 16.4. The maximum absolute atomic E-state index is 12.3. The van der Waals surface area contributed by atoms with Crippen LogP contribution in [-0.2, 0) is 9.47 Å². The number of piperidine rings is 1. The molecular formula is C34H57NO9. The molecule has 0 spiro atoms. The van der Waals surface area contributed by atoms with Crippen LogP contribution in [0.1, 0.15) is 92.4 Å². The van der Waals surface area contributed by atoms with Gasteiger partial charge in [0.15, 0.2) is 5.79 Å². The first-order valence-electron chi connectivity index (χ1n) is 17.1. The SMILES string of the molecule is C[C@@]1(OC2CCCNC2)O[C@H]([C@@H](O)[C@](C)(O)[C@H]2[C@H](O)CC3C4CC=C5C[C@@H](O)CC[C@]5(C)C4CC[C@@]32C)[C@@H](O)[C@@](C)(O)[C@H]1O. The van der Waals surface area contributed by atoms with Crippen molar-refractivity contribution < 1.29 is 45.2 Å². The predicted molar refractivity (Wildman–Crippen MR) is 162 cm³/mol. The third-order valence-electron chi connectivity index (χ3n) is 13.6. The molecule has 252 valence electrons. The summed E-state index contributed by atoms with van der Waals surface area (Å²) in [5, 5.41) is 83.3. The van der Waals surface area contributed by atoms with Gasteiger partial charge in [-0.15, -0.1) is 0 Å². The van der Waals surface area contributed by atoms with Crippen LogP contribution in [0.5, 0.6) is 0 Å². The van der Waals surface area contributed by atoms with Crippen molar-refractivity contribution in [1.29, 1.82) is 0 Å². The maximum atomic E-state index is 12.3. The minimum absolute atomic E-state index is 0.0271. The molecule has 8 N–H and O–H groups in total. The fourth-order valence-electron chi connectivity index (χ4n) is 11.2. The lowest BCUT2D eigenvalue weighted by Gasteiger charge is -2.59. The zero-order valence-electron chi connectivity index (χ0n) is 27.2. The van der Waals surface area contributed by atoms with Crippen LogP contribution in [0.25, 0.3) is 0 Å². The first-order valence-corrected chi connectivity index (χ1v) is 17.1. The summed E-state index contributed by atoms with van der Waals surface area (Å²) in [4.78, 5) is 0. The summed E-state index contributed by atoms with van der Waals surface area (Å²) in [5.74, 6) is -1.61. The van der Waals surface area contributed by atoms with Gasteiger partial charge in [0, 0.05) is 12.5 Å². The largest absolute Gasteiger partial charge is 0.393 e. The van der Waals surface area contributed by atoms with Crippen molar-refractivity contribution in [3.05, 3.63) is 11.6 Å². The van der Waals surface area contributed by atoms with Crippen molar-refractivity contribution >= 4 is 0 Å². The first kappa shape index (κ1) is 33.2. The number of aliphatic hydroxyl groups is 7. The van der Waals surface area contributed by atoms with Crippen molar-refractivity contribution in [2.45, 2.75) is 152 Å². The van der Waals surface area contributed by atoms with Gasteiger partial charge in [-0.05, 0) is 114 Å². The van der Waals surface area contributed by atoms with E-state index in [-0.39, 0.29) is 23.5 Å². The molecule has 0 aromatic heterocycles. The Bertz CT molecular complexity index is 1110. The van der Waals surface area contributed by atoms with Gasteiger partial charge >= 0.3 is 0 Å². The minimum Gasteiger partial charge on any atom is -0.393 e. The number of hydrogen-bond acceptors (Lipinski definition) is 10. The number of rotatable bonds is 5. The molecule has 0 aromatic carbocycles. The van der Waals surface area contributed by atoms with E-state index in [1.54, 1.807) is 0 Å². The second-order valence-corrected chi connectivity index (χ2v) is 16.4. The topological polar surface area (TPSA) is 172 Å². The van der Waals surface area contributed by atoms with Crippen molar-refractivity contribution in [1.82, 2.24) is 5.32 Å². The highest BCUT2D eigenvalue weighted by atomic mass is 16.7. The molecule has 0 amide bonds. The van der Waals surface area contributed by atoms with Gasteiger partial charge in [0.05, 0.1) is 23.9 Å². The molecule has 10 heteroatoms. The highest BCUT2D eigenvalue weighted by molar-refractivity contribution is 5.26. The molecule has 16 atom stereocenters. The van der Waals surface area contributed by atoms with Crippen LogP contribution in [0.3, 0.4) is 0 Å². The van der Waals surface area contributed by atoms with Crippen molar-refractivity contribution in [2.24, 2.45) is 34.5 Å². The van der Waals surface area contributed by atoms with Gasteiger partial charge in [0.1, 0.15) is 30.0 Å². The Hall–Kier alpha value is -0.660. The summed E-state index contributed by atoms with van der Waals surface area (Å²) >= 11 is 0. The molecule has 4 unspecified atom stereocenters. The Morgan fingerprint density at radius 2 is 1.77 bits per heavy atom. The summed E-state index contributed by atoms with van der Waals surface area (Å²) in [5.41, 5.74) is -3.10. The second kappa shape index (κ2) is 11.2. The van der Waals surface area contributed by atoms with E-state index in [1.165, 1.54) is 26.3 Å². The third-order valence-corrected chi connectivity index (χ3v) is 13.6. The fourth-order valence-corrected chi connectivity index (χ4v) is 11.2. The van der Waals surface area contributed by atoms with Crippen molar-refractivity contribution in [3.63, 3.8) is 0 Å². The minimum atomic E-state index is -2.11. The summed E-state index contributed by atoms with van der Waals surface area (Å²) in [6.07, 6.45) is 1.46. The number of hydrogen-bond donors (Lipinski definition) is 8. The smallest absolute Gasteiger partial charge is 0.195 e. The zero-order chi connectivity index (χ0) is 32.0. The van der Waals surface area contributed by atoms with Crippen LogP contribution in [0.2, 0.25) is 0 Å². The third kappa shape index (κ3) is 4.97. The summed E-state index contributed by atoms with van der Waals surface area (Å²) in [7, 11) is 0. The molecule has 3 saturated carbocycles. The lowest BCUT2D eigenvalue weighted by Crippen LogP contribution is -2.74. The van der Waals surface area contributed by atoms with Crippen molar-refractivity contribution in [2.75, 3.05) is 13.1 Å². The van der Waals surface area contributed by atoms with E-state index >= 15 is 0 Å². The highest BCUT2D eigenvalue weighted by Crippen LogP contribution is 2.68. The molecule has 10 nitrogen and oxygen atoms in total. The Labute approximate surface area is 261 Å². The van der Waals surface area contributed by atoms with Crippen LogP contribution < -0.4 is 5.32 Å². The summed E-state index contributed by atoms with van der Waals surface area (Å²) in [6.45, 7) is 10.2. The number of aliphatic hydroxyl groups excluding tert-OH is 5. The molecule has 2 aliphatic heterocycles. The van der Waals surface area contributed by atoms with Crippen LogP contribution in [-0.4, -0.2) is 109 Å². The highest BCUT2D eigenvalue weighted by Gasteiger charge is 2.68. The average Bonchev–Trinajstić information content (AvgIpc) is 3.25. The van der Waals surface area contributed by atoms with Gasteiger partial charge in [-0.2, -0.15) is 0 Å². The standard InChI is InChI=1S/C34H57NO9/c1-30-12-10-19(36)15-18(30)8-9-21-22(30)11-13-31(2)23(21)16-24(37)26(31)32(3,41)27(38)25-28(39)33(4,42)29(40)34(5,44-25)43-20-7-6-14-35-17-20/h8,19-29,35-42H,6-7,9-17H2,1-5H3/t19-,20?,21?,22?,23?,24+,25+,26-,27+,28+,29+,30-,31-,32+,33+,34+/m0/s1. The van der Waals surface area contributed by atoms with Crippen LogP contribution in [0, 0.1) is 34.5 Å². The van der Waals surface area contributed by atoms with Gasteiger partial charge in [0.25, 0.3) is 0 Å². The molecule has 6 rings (SSSR count). The van der Waals surface area contributed by atoms with Crippen LogP contribution >= 0.6 is 0 Å². The van der Waals surface area contributed by atoms with E-state index in [0.717, 1.165) is 57.9 Å². The molecule has 0 bridgehead atoms. The molecule has 4 aliphatic carbocycles. The lowest BCUT2D eigenvalue weighted by atomic mass is 9.46. The Balaban J connectivity index is 1.27. The first-order chi connectivity index (χ1) is 20.5. The number of ether oxygens (including phenoxy) is 2. The monoisotopic (exact) mass is 623 g/mol. The molecule has 44 heavy (non-hydrogen) atoms. The van der Waals surface area contributed by atoms with E-state index in [0.29, 0.717) is 24.8 Å². The Kier molecular flexibility index (Phi) is 8.47.